The number of rotatable bonds is 9. The van der Waals surface area contributed by atoms with Gasteiger partial charge in [0.2, 0.25) is 0 Å². The van der Waals surface area contributed by atoms with E-state index in [0.717, 1.165) is 0 Å². The first-order valence-electron chi connectivity index (χ1n) is 9.84. The third-order valence-electron chi connectivity index (χ3n) is 4.67. The van der Waals surface area contributed by atoms with Crippen LogP contribution < -0.4 is 4.74 Å². The molecule has 4 nitrogen and oxygen atoms in total. The van der Waals surface area contributed by atoms with E-state index in [0.29, 0.717) is 23.4 Å². The Balaban J connectivity index is 2.10. The Hall–Kier alpha value is -3.01. The summed E-state index contributed by atoms with van der Waals surface area (Å²) in [5.74, 6) is -0.688. The van der Waals surface area contributed by atoms with Crippen LogP contribution in [0.4, 0.5) is 26.3 Å². The number of hydrogen-bond donors (Lipinski definition) is 1. The first kappa shape index (κ1) is 26.2. The van der Waals surface area contributed by atoms with Gasteiger partial charge in [0.1, 0.15) is 12.4 Å². The molecule has 2 rings (SSSR count). The van der Waals surface area contributed by atoms with Crippen molar-refractivity contribution in [3.8, 4) is 5.75 Å². The van der Waals surface area contributed by atoms with E-state index in [2.05, 4.69) is 0 Å². The topological polar surface area (TPSA) is 55.8 Å². The third kappa shape index (κ3) is 7.81. The Morgan fingerprint density at radius 3 is 2.00 bits per heavy atom. The quantitative estimate of drug-likeness (QED) is 0.436. The third-order valence-corrected chi connectivity index (χ3v) is 4.67. The van der Waals surface area contributed by atoms with E-state index in [-0.39, 0.29) is 36.8 Å². The van der Waals surface area contributed by atoms with Crippen molar-refractivity contribution >= 4 is 11.5 Å². The largest absolute Gasteiger partial charge is 0.490 e. The molecule has 0 saturated carbocycles. The zero-order chi connectivity index (χ0) is 24.8. The second-order valence-electron chi connectivity index (χ2n) is 7.12. The lowest BCUT2D eigenvalue weighted by atomic mass is 10.00. The van der Waals surface area contributed by atoms with Crippen LogP contribution in [0, 0.1) is 0 Å². The Bertz CT molecular complexity index is 946. The number of carbonyl (C=O) groups is 1. The maximum absolute atomic E-state index is 13.0. The molecule has 0 radical (unpaired) electrons. The minimum Gasteiger partial charge on any atom is -0.490 e. The predicted molar refractivity (Wildman–Crippen MR) is 109 cm³/mol. The zero-order valence-corrected chi connectivity index (χ0v) is 17.8. The first-order chi connectivity index (χ1) is 15.3. The maximum atomic E-state index is 13.0. The SMILES string of the molecule is CCOC(Cc1ccc(OC/C=C(\C)c2cc(C(F)(F)F)cc(C(F)(F)F)c2)cc1)C(=O)O. The number of benzene rings is 2. The molecule has 0 heterocycles. The second-order valence-corrected chi connectivity index (χ2v) is 7.12. The van der Waals surface area contributed by atoms with E-state index in [9.17, 15) is 31.1 Å². The van der Waals surface area contributed by atoms with Crippen molar-refractivity contribution in [2.45, 2.75) is 38.7 Å². The van der Waals surface area contributed by atoms with Gasteiger partial charge in [-0.2, -0.15) is 26.3 Å². The van der Waals surface area contributed by atoms with Gasteiger partial charge in [-0.05, 0) is 67.0 Å². The number of halogens is 6. The van der Waals surface area contributed by atoms with Crippen LogP contribution in [0.5, 0.6) is 5.75 Å². The molecule has 1 unspecified atom stereocenters. The van der Waals surface area contributed by atoms with E-state index in [1.807, 2.05) is 0 Å². The Morgan fingerprint density at radius 2 is 1.55 bits per heavy atom. The molecule has 0 aliphatic heterocycles. The van der Waals surface area contributed by atoms with Gasteiger partial charge in [0.25, 0.3) is 0 Å². The molecule has 0 amide bonds. The van der Waals surface area contributed by atoms with Gasteiger partial charge in [0.05, 0.1) is 11.1 Å². The molecule has 0 aromatic heterocycles. The number of ether oxygens (including phenoxy) is 2. The van der Waals surface area contributed by atoms with Crippen molar-refractivity contribution in [1.29, 1.82) is 0 Å². The lowest BCUT2D eigenvalue weighted by Crippen LogP contribution is -2.26. The maximum Gasteiger partial charge on any atom is 0.416 e. The van der Waals surface area contributed by atoms with Crippen LogP contribution in [0.1, 0.15) is 36.1 Å². The van der Waals surface area contributed by atoms with Crippen LogP contribution in [0.2, 0.25) is 0 Å². The number of aliphatic carboxylic acids is 1. The number of hydrogen-bond acceptors (Lipinski definition) is 3. The van der Waals surface area contributed by atoms with Crippen molar-refractivity contribution in [2.75, 3.05) is 13.2 Å². The van der Waals surface area contributed by atoms with E-state index in [4.69, 9.17) is 14.6 Å². The average Bonchev–Trinajstić information content (AvgIpc) is 2.73. The molecular weight excluding hydrogens is 454 g/mol. The van der Waals surface area contributed by atoms with Gasteiger partial charge in [0.15, 0.2) is 6.10 Å². The summed E-state index contributed by atoms with van der Waals surface area (Å²) in [5.41, 5.74) is -2.11. The molecule has 2 aromatic carbocycles. The lowest BCUT2D eigenvalue weighted by molar-refractivity contribution is -0.150. The minimum absolute atomic E-state index is 0.0787. The molecule has 0 saturated heterocycles. The van der Waals surface area contributed by atoms with Crippen molar-refractivity contribution in [2.24, 2.45) is 0 Å². The molecule has 2 aromatic rings. The van der Waals surface area contributed by atoms with Gasteiger partial charge >= 0.3 is 18.3 Å². The summed E-state index contributed by atoms with van der Waals surface area (Å²) in [6.07, 6.45) is -9.30. The zero-order valence-electron chi connectivity index (χ0n) is 17.8. The summed E-state index contributed by atoms with van der Waals surface area (Å²) in [4.78, 5) is 11.2. The van der Waals surface area contributed by atoms with Crippen molar-refractivity contribution in [1.82, 2.24) is 0 Å². The smallest absolute Gasteiger partial charge is 0.416 e. The van der Waals surface area contributed by atoms with Crippen LogP contribution in [0.25, 0.3) is 5.57 Å². The van der Waals surface area contributed by atoms with E-state index in [1.165, 1.54) is 13.0 Å². The lowest BCUT2D eigenvalue weighted by Gasteiger charge is -2.15. The van der Waals surface area contributed by atoms with Crippen LogP contribution in [-0.2, 0) is 28.3 Å². The molecular formula is C23H22F6O4. The number of allylic oxidation sites excluding steroid dienone is 1. The molecule has 0 spiro atoms. The van der Waals surface area contributed by atoms with E-state index in [1.54, 1.807) is 31.2 Å². The van der Waals surface area contributed by atoms with Crippen molar-refractivity contribution in [3.63, 3.8) is 0 Å². The number of carboxylic acids is 1. The Morgan fingerprint density at radius 1 is 1.00 bits per heavy atom. The summed E-state index contributed by atoms with van der Waals surface area (Å²) in [6.45, 7) is 3.23. The summed E-state index contributed by atoms with van der Waals surface area (Å²) in [6, 6.07) is 7.84. The van der Waals surface area contributed by atoms with Gasteiger partial charge < -0.3 is 14.6 Å². The van der Waals surface area contributed by atoms with Crippen LogP contribution in [0.15, 0.2) is 48.5 Å². The van der Waals surface area contributed by atoms with Crippen molar-refractivity contribution < 1.29 is 45.7 Å². The fourth-order valence-electron chi connectivity index (χ4n) is 2.92. The van der Waals surface area contributed by atoms with Gasteiger partial charge in [-0.3, -0.25) is 0 Å². The van der Waals surface area contributed by atoms with Crippen LogP contribution >= 0.6 is 0 Å². The summed E-state index contributed by atoms with van der Waals surface area (Å²) < 4.78 is 88.7. The summed E-state index contributed by atoms with van der Waals surface area (Å²) in [7, 11) is 0. The van der Waals surface area contributed by atoms with E-state index < -0.39 is 35.6 Å². The fourth-order valence-corrected chi connectivity index (χ4v) is 2.92. The minimum atomic E-state index is -4.92. The monoisotopic (exact) mass is 476 g/mol. The normalized spacial score (nSPS) is 13.6. The van der Waals surface area contributed by atoms with E-state index >= 15 is 0 Å². The highest BCUT2D eigenvalue weighted by molar-refractivity contribution is 5.72. The summed E-state index contributed by atoms with van der Waals surface area (Å²) in [5, 5.41) is 9.12. The molecule has 1 atom stereocenters. The molecule has 0 aliphatic carbocycles. The highest BCUT2D eigenvalue weighted by Gasteiger charge is 2.37. The van der Waals surface area contributed by atoms with Gasteiger partial charge in [-0.1, -0.05) is 12.1 Å². The molecule has 180 valence electrons. The Labute approximate surface area is 186 Å². The molecule has 0 aliphatic rings. The molecule has 33 heavy (non-hydrogen) atoms. The standard InChI is InChI=1S/C23H22F6O4/c1-3-32-20(21(30)31)10-15-4-6-19(7-5-15)33-9-8-14(2)16-11-17(22(24,25)26)13-18(12-16)23(27,28)29/h4-8,11-13,20H,3,9-10H2,1-2H3,(H,30,31)/b14-8+. The van der Waals surface area contributed by atoms with Crippen LogP contribution in [-0.4, -0.2) is 30.4 Å². The molecule has 0 fully saturated rings. The number of carboxylic acid groups (broad SMARTS) is 1. The van der Waals surface area contributed by atoms with Gasteiger partial charge in [-0.15, -0.1) is 0 Å². The number of alkyl halides is 6. The van der Waals surface area contributed by atoms with Crippen molar-refractivity contribution in [3.05, 3.63) is 70.8 Å². The second kappa shape index (κ2) is 10.7. The molecule has 10 heteroatoms. The fraction of sp³-hybridized carbons (Fsp3) is 0.348. The average molecular weight is 476 g/mol. The Kier molecular flexibility index (Phi) is 8.54. The highest BCUT2D eigenvalue weighted by Crippen LogP contribution is 2.37. The van der Waals surface area contributed by atoms with Gasteiger partial charge in [-0.25, -0.2) is 4.79 Å². The predicted octanol–water partition coefficient (Wildman–Crippen LogP) is 6.24. The molecule has 1 N–H and O–H groups in total. The summed E-state index contributed by atoms with van der Waals surface area (Å²) >= 11 is 0. The first-order valence-corrected chi connectivity index (χ1v) is 9.84. The van der Waals surface area contributed by atoms with Crippen LogP contribution in [0.3, 0.4) is 0 Å². The highest BCUT2D eigenvalue weighted by atomic mass is 19.4. The molecule has 0 bridgehead atoms. The van der Waals surface area contributed by atoms with Gasteiger partial charge in [0, 0.05) is 13.0 Å².